The van der Waals surface area contributed by atoms with E-state index in [0.29, 0.717) is 18.2 Å². The smallest absolute Gasteiger partial charge is 0.101 e. The van der Waals surface area contributed by atoms with Crippen molar-refractivity contribution in [2.24, 2.45) is 5.73 Å². The first-order valence-corrected chi connectivity index (χ1v) is 6.17. The Morgan fingerprint density at radius 2 is 2.41 bits per heavy atom. The number of nitrogens with zero attached hydrogens (tertiary/aromatic N) is 3. The second kappa shape index (κ2) is 5.65. The standard InChI is InChI=1S/C13H18N4/c14-6-4-12-3-1-2-8-17(12)13-10-16-7-5-11(13)9-15/h5,7,10,12H,1-4,6,8,14H2. The van der Waals surface area contributed by atoms with E-state index in [2.05, 4.69) is 16.0 Å². The number of piperidine rings is 1. The number of rotatable bonds is 3. The molecule has 1 unspecified atom stereocenters. The van der Waals surface area contributed by atoms with Gasteiger partial charge in [-0.05, 0) is 38.3 Å². The Morgan fingerprint density at radius 3 is 3.18 bits per heavy atom. The lowest BCUT2D eigenvalue weighted by molar-refractivity contribution is 0.441. The van der Waals surface area contributed by atoms with Crippen LogP contribution >= 0.6 is 0 Å². The minimum absolute atomic E-state index is 0.463. The summed E-state index contributed by atoms with van der Waals surface area (Å²) in [6.45, 7) is 1.70. The van der Waals surface area contributed by atoms with E-state index in [0.717, 1.165) is 25.1 Å². The summed E-state index contributed by atoms with van der Waals surface area (Å²) >= 11 is 0. The average Bonchev–Trinajstić information content (AvgIpc) is 2.40. The van der Waals surface area contributed by atoms with Gasteiger partial charge in [0.1, 0.15) is 6.07 Å². The molecule has 0 aromatic carbocycles. The zero-order valence-corrected chi connectivity index (χ0v) is 9.97. The predicted octanol–water partition coefficient (Wildman–Crippen LogP) is 1.66. The number of pyridine rings is 1. The highest BCUT2D eigenvalue weighted by Gasteiger charge is 2.23. The van der Waals surface area contributed by atoms with Crippen molar-refractivity contribution in [3.63, 3.8) is 0 Å². The molecule has 4 heteroatoms. The van der Waals surface area contributed by atoms with Crippen LogP contribution in [0.3, 0.4) is 0 Å². The Bertz CT molecular complexity index is 408. The lowest BCUT2D eigenvalue weighted by Gasteiger charge is -2.37. The molecule has 90 valence electrons. The molecule has 2 rings (SSSR count). The van der Waals surface area contributed by atoms with Gasteiger partial charge in [0.15, 0.2) is 0 Å². The Morgan fingerprint density at radius 1 is 1.53 bits per heavy atom. The van der Waals surface area contributed by atoms with E-state index in [1.165, 1.54) is 12.8 Å². The van der Waals surface area contributed by atoms with Crippen LogP contribution in [0.4, 0.5) is 5.69 Å². The first-order chi connectivity index (χ1) is 8.36. The van der Waals surface area contributed by atoms with Gasteiger partial charge in [0.2, 0.25) is 0 Å². The molecule has 0 saturated carbocycles. The normalized spacial score (nSPS) is 20.0. The fourth-order valence-corrected chi connectivity index (χ4v) is 2.52. The van der Waals surface area contributed by atoms with Crippen molar-refractivity contribution in [1.29, 1.82) is 5.26 Å². The summed E-state index contributed by atoms with van der Waals surface area (Å²) in [5.74, 6) is 0. The van der Waals surface area contributed by atoms with E-state index in [4.69, 9.17) is 11.0 Å². The number of hydrogen-bond acceptors (Lipinski definition) is 4. The van der Waals surface area contributed by atoms with Gasteiger partial charge in [-0.1, -0.05) is 0 Å². The maximum Gasteiger partial charge on any atom is 0.101 e. The average molecular weight is 230 g/mol. The van der Waals surface area contributed by atoms with Crippen LogP contribution in [0.5, 0.6) is 0 Å². The molecular formula is C13H18N4. The monoisotopic (exact) mass is 230 g/mol. The summed E-state index contributed by atoms with van der Waals surface area (Å²) in [5, 5.41) is 9.14. The molecule has 0 bridgehead atoms. The highest BCUT2D eigenvalue weighted by molar-refractivity contribution is 5.58. The van der Waals surface area contributed by atoms with Gasteiger partial charge in [0, 0.05) is 18.8 Å². The van der Waals surface area contributed by atoms with Crippen molar-refractivity contribution in [1.82, 2.24) is 4.98 Å². The van der Waals surface area contributed by atoms with Gasteiger partial charge < -0.3 is 10.6 Å². The van der Waals surface area contributed by atoms with Gasteiger partial charge in [-0.15, -0.1) is 0 Å². The van der Waals surface area contributed by atoms with Gasteiger partial charge >= 0.3 is 0 Å². The van der Waals surface area contributed by atoms with Crippen molar-refractivity contribution < 1.29 is 0 Å². The molecule has 17 heavy (non-hydrogen) atoms. The van der Waals surface area contributed by atoms with Crippen LogP contribution in [-0.4, -0.2) is 24.1 Å². The van der Waals surface area contributed by atoms with E-state index in [-0.39, 0.29) is 0 Å². The zero-order valence-electron chi connectivity index (χ0n) is 9.97. The fraction of sp³-hybridized carbons (Fsp3) is 0.538. The molecule has 0 radical (unpaired) electrons. The van der Waals surface area contributed by atoms with Crippen molar-refractivity contribution in [2.75, 3.05) is 18.0 Å². The third-order valence-electron chi connectivity index (χ3n) is 3.36. The van der Waals surface area contributed by atoms with Crippen molar-refractivity contribution in [2.45, 2.75) is 31.7 Å². The molecule has 1 atom stereocenters. The predicted molar refractivity (Wildman–Crippen MR) is 67.6 cm³/mol. The Kier molecular flexibility index (Phi) is 3.94. The van der Waals surface area contributed by atoms with E-state index < -0.39 is 0 Å². The Labute approximate surface area is 102 Å². The molecular weight excluding hydrogens is 212 g/mol. The van der Waals surface area contributed by atoms with Crippen molar-refractivity contribution >= 4 is 5.69 Å². The summed E-state index contributed by atoms with van der Waals surface area (Å²) in [4.78, 5) is 6.45. The van der Waals surface area contributed by atoms with Gasteiger partial charge in [0.25, 0.3) is 0 Å². The molecule has 1 aromatic rings. The van der Waals surface area contributed by atoms with Crippen LogP contribution in [0.15, 0.2) is 18.5 Å². The van der Waals surface area contributed by atoms with Gasteiger partial charge in [0.05, 0.1) is 17.4 Å². The molecule has 0 spiro atoms. The first-order valence-electron chi connectivity index (χ1n) is 6.17. The first kappa shape index (κ1) is 11.9. The van der Waals surface area contributed by atoms with E-state index in [1.54, 1.807) is 18.5 Å². The summed E-state index contributed by atoms with van der Waals surface area (Å²) in [6, 6.07) is 4.49. The van der Waals surface area contributed by atoms with Crippen LogP contribution in [0, 0.1) is 11.3 Å². The van der Waals surface area contributed by atoms with Crippen molar-refractivity contribution in [3.05, 3.63) is 24.0 Å². The molecule has 0 aliphatic carbocycles. The highest BCUT2D eigenvalue weighted by Crippen LogP contribution is 2.28. The molecule has 2 heterocycles. The SMILES string of the molecule is N#Cc1ccncc1N1CCCCC1CCN. The van der Waals surface area contributed by atoms with Gasteiger partial charge in [-0.25, -0.2) is 0 Å². The summed E-state index contributed by atoms with van der Waals surface area (Å²) in [6.07, 6.45) is 8.05. The van der Waals surface area contributed by atoms with Crippen LogP contribution < -0.4 is 10.6 Å². The maximum absolute atomic E-state index is 9.14. The lowest BCUT2D eigenvalue weighted by atomic mass is 9.98. The summed E-state index contributed by atoms with van der Waals surface area (Å²) in [5.41, 5.74) is 7.34. The lowest BCUT2D eigenvalue weighted by Crippen LogP contribution is -2.41. The quantitative estimate of drug-likeness (QED) is 0.857. The van der Waals surface area contributed by atoms with Gasteiger partial charge in [-0.3, -0.25) is 4.98 Å². The summed E-state index contributed by atoms with van der Waals surface area (Å²) in [7, 11) is 0. The highest BCUT2D eigenvalue weighted by atomic mass is 15.2. The fourth-order valence-electron chi connectivity index (χ4n) is 2.52. The number of nitriles is 1. The number of hydrogen-bond donors (Lipinski definition) is 1. The molecule has 0 amide bonds. The molecule has 1 aromatic heterocycles. The second-order valence-corrected chi connectivity index (χ2v) is 4.42. The van der Waals surface area contributed by atoms with Crippen LogP contribution in [0.1, 0.15) is 31.2 Å². The second-order valence-electron chi connectivity index (χ2n) is 4.42. The third-order valence-corrected chi connectivity index (χ3v) is 3.36. The minimum atomic E-state index is 0.463. The maximum atomic E-state index is 9.14. The summed E-state index contributed by atoms with van der Waals surface area (Å²) < 4.78 is 0. The molecule has 1 aliphatic heterocycles. The zero-order chi connectivity index (χ0) is 12.1. The van der Waals surface area contributed by atoms with E-state index >= 15 is 0 Å². The Hall–Kier alpha value is -1.60. The minimum Gasteiger partial charge on any atom is -0.366 e. The van der Waals surface area contributed by atoms with Gasteiger partial charge in [-0.2, -0.15) is 5.26 Å². The largest absolute Gasteiger partial charge is 0.366 e. The number of anilines is 1. The van der Waals surface area contributed by atoms with Crippen LogP contribution in [0.2, 0.25) is 0 Å². The molecule has 2 N–H and O–H groups in total. The molecule has 1 aliphatic rings. The molecule has 4 nitrogen and oxygen atoms in total. The van der Waals surface area contributed by atoms with Crippen LogP contribution in [0.25, 0.3) is 0 Å². The van der Waals surface area contributed by atoms with Crippen LogP contribution in [-0.2, 0) is 0 Å². The van der Waals surface area contributed by atoms with E-state index in [9.17, 15) is 0 Å². The molecule has 1 saturated heterocycles. The number of aromatic nitrogens is 1. The van der Waals surface area contributed by atoms with Crippen molar-refractivity contribution in [3.8, 4) is 6.07 Å². The Balaban J connectivity index is 2.26. The molecule has 1 fully saturated rings. The third kappa shape index (κ3) is 2.56. The number of nitrogens with two attached hydrogens (primary N) is 1. The topological polar surface area (TPSA) is 65.9 Å². The van der Waals surface area contributed by atoms with E-state index in [1.807, 2.05) is 0 Å².